The van der Waals surface area contributed by atoms with Crippen molar-refractivity contribution in [1.82, 2.24) is 5.32 Å². The molecule has 2 aromatic rings. The third-order valence-corrected chi connectivity index (χ3v) is 4.49. The molecule has 3 N–H and O–H groups in total. The molecule has 25 heavy (non-hydrogen) atoms. The molecule has 0 aliphatic rings. The number of halogens is 1. The fourth-order valence-electron chi connectivity index (χ4n) is 2.19. The SMILES string of the molecule is CSCCC(NC(=O)c1ccccc1Cl)C(=O)Nc1ccccc1O. The normalized spacial score (nSPS) is 11.6. The van der Waals surface area contributed by atoms with Crippen LogP contribution >= 0.6 is 23.4 Å². The fraction of sp³-hybridized carbons (Fsp3) is 0.222. The van der Waals surface area contributed by atoms with E-state index in [4.69, 9.17) is 11.6 Å². The van der Waals surface area contributed by atoms with E-state index >= 15 is 0 Å². The number of thioether (sulfide) groups is 1. The highest BCUT2D eigenvalue weighted by molar-refractivity contribution is 7.98. The Bertz CT molecular complexity index is 755. The second-order valence-electron chi connectivity index (χ2n) is 5.29. The van der Waals surface area contributed by atoms with Crippen LogP contribution in [-0.4, -0.2) is 35.0 Å². The Morgan fingerprint density at radius 1 is 1.16 bits per heavy atom. The summed E-state index contributed by atoms with van der Waals surface area (Å²) < 4.78 is 0. The van der Waals surface area contributed by atoms with E-state index < -0.39 is 17.9 Å². The van der Waals surface area contributed by atoms with Gasteiger partial charge in [-0.15, -0.1) is 0 Å². The van der Waals surface area contributed by atoms with E-state index in [0.29, 0.717) is 28.4 Å². The lowest BCUT2D eigenvalue weighted by molar-refractivity contribution is -0.118. The molecule has 0 aromatic heterocycles. The standard InChI is InChI=1S/C18H19ClN2O3S/c1-25-11-10-15(18(24)20-14-8-4-5-9-16(14)22)21-17(23)12-6-2-3-7-13(12)19/h2-9,15,22H,10-11H2,1H3,(H,20,24)(H,21,23). The molecule has 0 fully saturated rings. The molecule has 2 rings (SSSR count). The molecule has 0 radical (unpaired) electrons. The number of anilines is 1. The van der Waals surface area contributed by atoms with Crippen LogP contribution in [0.2, 0.25) is 5.02 Å². The van der Waals surface area contributed by atoms with Crippen LogP contribution in [0.1, 0.15) is 16.8 Å². The third-order valence-electron chi connectivity index (χ3n) is 3.51. The Morgan fingerprint density at radius 3 is 2.52 bits per heavy atom. The Morgan fingerprint density at radius 2 is 1.84 bits per heavy atom. The van der Waals surface area contributed by atoms with Crippen molar-refractivity contribution in [1.29, 1.82) is 0 Å². The van der Waals surface area contributed by atoms with Gasteiger partial charge in [-0.3, -0.25) is 9.59 Å². The lowest BCUT2D eigenvalue weighted by Crippen LogP contribution is -2.44. The zero-order chi connectivity index (χ0) is 18.2. The van der Waals surface area contributed by atoms with Gasteiger partial charge in [0.25, 0.3) is 5.91 Å². The molecule has 132 valence electrons. The molecule has 0 aliphatic carbocycles. The lowest BCUT2D eigenvalue weighted by Gasteiger charge is -2.19. The van der Waals surface area contributed by atoms with Gasteiger partial charge < -0.3 is 15.7 Å². The number of phenols is 1. The number of amides is 2. The van der Waals surface area contributed by atoms with Crippen LogP contribution in [-0.2, 0) is 4.79 Å². The van der Waals surface area contributed by atoms with Crippen LogP contribution < -0.4 is 10.6 Å². The predicted molar refractivity (Wildman–Crippen MR) is 102 cm³/mol. The highest BCUT2D eigenvalue weighted by Gasteiger charge is 2.22. The van der Waals surface area contributed by atoms with E-state index in [1.54, 1.807) is 54.2 Å². The minimum absolute atomic E-state index is 0.0307. The minimum Gasteiger partial charge on any atom is -0.506 e. The summed E-state index contributed by atoms with van der Waals surface area (Å²) >= 11 is 7.61. The highest BCUT2D eigenvalue weighted by atomic mass is 35.5. The van der Waals surface area contributed by atoms with Gasteiger partial charge in [0, 0.05) is 0 Å². The van der Waals surface area contributed by atoms with Gasteiger partial charge in [0.15, 0.2) is 0 Å². The molecule has 1 atom stereocenters. The summed E-state index contributed by atoms with van der Waals surface area (Å²) in [5.41, 5.74) is 0.613. The van der Waals surface area contributed by atoms with Gasteiger partial charge in [-0.1, -0.05) is 35.9 Å². The summed E-state index contributed by atoms with van der Waals surface area (Å²) in [6, 6.07) is 12.4. The monoisotopic (exact) mass is 378 g/mol. The highest BCUT2D eigenvalue weighted by Crippen LogP contribution is 2.22. The van der Waals surface area contributed by atoms with E-state index in [1.165, 1.54) is 6.07 Å². The number of hydrogen-bond donors (Lipinski definition) is 3. The Labute approximate surface area is 155 Å². The van der Waals surface area contributed by atoms with Crippen molar-refractivity contribution in [2.75, 3.05) is 17.3 Å². The van der Waals surface area contributed by atoms with Crippen LogP contribution in [0.5, 0.6) is 5.75 Å². The van der Waals surface area contributed by atoms with Crippen molar-refractivity contribution >= 4 is 40.9 Å². The third kappa shape index (κ3) is 5.41. The molecule has 2 amide bonds. The van der Waals surface area contributed by atoms with E-state index in [-0.39, 0.29) is 5.75 Å². The maximum Gasteiger partial charge on any atom is 0.253 e. The maximum atomic E-state index is 12.5. The lowest BCUT2D eigenvalue weighted by atomic mass is 10.1. The number of aromatic hydroxyl groups is 1. The summed E-state index contributed by atoms with van der Waals surface area (Å²) in [7, 11) is 0. The molecule has 2 aromatic carbocycles. The van der Waals surface area contributed by atoms with Crippen molar-refractivity contribution < 1.29 is 14.7 Å². The first-order valence-electron chi connectivity index (χ1n) is 7.66. The first kappa shape index (κ1) is 19.1. The van der Waals surface area contributed by atoms with Crippen LogP contribution in [0.25, 0.3) is 0 Å². The Hall–Kier alpha value is -2.18. The first-order valence-corrected chi connectivity index (χ1v) is 9.43. The smallest absolute Gasteiger partial charge is 0.253 e. The molecule has 0 saturated heterocycles. The summed E-state index contributed by atoms with van der Waals surface area (Å²) in [6.45, 7) is 0. The molecule has 0 bridgehead atoms. The molecule has 0 heterocycles. The molecule has 0 saturated carbocycles. The summed E-state index contributed by atoms with van der Waals surface area (Å²) in [4.78, 5) is 25.0. The van der Waals surface area contributed by atoms with Gasteiger partial charge in [-0.2, -0.15) is 11.8 Å². The van der Waals surface area contributed by atoms with Crippen LogP contribution in [0.15, 0.2) is 48.5 Å². The number of benzene rings is 2. The van der Waals surface area contributed by atoms with Gasteiger partial charge in [0.2, 0.25) is 5.91 Å². The van der Waals surface area contributed by atoms with Gasteiger partial charge >= 0.3 is 0 Å². The molecule has 0 aliphatic heterocycles. The molecular formula is C18H19ClN2O3S. The van der Waals surface area contributed by atoms with E-state index in [1.807, 2.05) is 6.26 Å². The average molecular weight is 379 g/mol. The Balaban J connectivity index is 2.12. The molecule has 5 nitrogen and oxygen atoms in total. The predicted octanol–water partition coefficient (Wildman–Crippen LogP) is 3.54. The number of carbonyl (C=O) groups excluding carboxylic acids is 2. The van der Waals surface area contributed by atoms with Gasteiger partial charge in [0.05, 0.1) is 16.3 Å². The largest absolute Gasteiger partial charge is 0.506 e. The van der Waals surface area contributed by atoms with Crippen molar-refractivity contribution in [3.63, 3.8) is 0 Å². The number of para-hydroxylation sites is 2. The van der Waals surface area contributed by atoms with Gasteiger partial charge in [-0.05, 0) is 42.7 Å². The van der Waals surface area contributed by atoms with E-state index in [2.05, 4.69) is 10.6 Å². The van der Waals surface area contributed by atoms with Crippen molar-refractivity contribution in [2.45, 2.75) is 12.5 Å². The number of phenolic OH excluding ortho intramolecular Hbond substituents is 1. The zero-order valence-corrected chi connectivity index (χ0v) is 15.2. The maximum absolute atomic E-state index is 12.5. The molecule has 0 spiro atoms. The van der Waals surface area contributed by atoms with E-state index in [9.17, 15) is 14.7 Å². The van der Waals surface area contributed by atoms with Gasteiger partial charge in [-0.25, -0.2) is 0 Å². The number of hydrogen-bond acceptors (Lipinski definition) is 4. The van der Waals surface area contributed by atoms with Crippen molar-refractivity contribution in [3.8, 4) is 5.75 Å². The minimum atomic E-state index is -0.740. The second kappa shape index (κ2) is 9.34. The quantitative estimate of drug-likeness (QED) is 0.644. The molecular weight excluding hydrogens is 360 g/mol. The summed E-state index contributed by atoms with van der Waals surface area (Å²) in [5.74, 6) is -0.140. The fourth-order valence-corrected chi connectivity index (χ4v) is 2.88. The molecule has 7 heteroatoms. The number of rotatable bonds is 7. The number of nitrogens with one attached hydrogen (secondary N) is 2. The van der Waals surface area contributed by atoms with Crippen LogP contribution in [0, 0.1) is 0 Å². The average Bonchev–Trinajstić information content (AvgIpc) is 2.60. The summed E-state index contributed by atoms with van der Waals surface area (Å²) in [5, 5.41) is 15.5. The van der Waals surface area contributed by atoms with Gasteiger partial charge in [0.1, 0.15) is 11.8 Å². The van der Waals surface area contributed by atoms with Crippen LogP contribution in [0.4, 0.5) is 5.69 Å². The van der Waals surface area contributed by atoms with E-state index in [0.717, 1.165) is 0 Å². The van der Waals surface area contributed by atoms with Crippen molar-refractivity contribution in [3.05, 3.63) is 59.1 Å². The topological polar surface area (TPSA) is 78.4 Å². The number of carbonyl (C=O) groups is 2. The van der Waals surface area contributed by atoms with Crippen molar-refractivity contribution in [2.24, 2.45) is 0 Å². The first-order chi connectivity index (χ1) is 12.0. The second-order valence-corrected chi connectivity index (χ2v) is 6.69. The summed E-state index contributed by atoms with van der Waals surface area (Å²) in [6.07, 6.45) is 2.38. The molecule has 1 unspecified atom stereocenters. The Kier molecular flexibility index (Phi) is 7.16. The zero-order valence-electron chi connectivity index (χ0n) is 13.7. The van der Waals surface area contributed by atoms with Crippen LogP contribution in [0.3, 0.4) is 0 Å².